The van der Waals surface area contributed by atoms with Crippen molar-refractivity contribution in [1.29, 1.82) is 0 Å². The van der Waals surface area contributed by atoms with Crippen molar-refractivity contribution in [2.75, 3.05) is 14.2 Å². The van der Waals surface area contributed by atoms with Crippen LogP contribution in [0.25, 0.3) is 0 Å². The minimum Gasteiger partial charge on any atom is -0.493 e. The number of ether oxygens (including phenoxy) is 4. The van der Waals surface area contributed by atoms with Gasteiger partial charge in [0.1, 0.15) is 12.2 Å². The predicted octanol–water partition coefficient (Wildman–Crippen LogP) is 3.85. The van der Waals surface area contributed by atoms with E-state index in [-0.39, 0.29) is 45.8 Å². The molecule has 0 spiro atoms. The number of methoxy groups -OCH3 is 2. The minimum atomic E-state index is -4.54. The summed E-state index contributed by atoms with van der Waals surface area (Å²) < 4.78 is 61.1. The number of alkyl halides is 3. The van der Waals surface area contributed by atoms with Gasteiger partial charge in [0.25, 0.3) is 0 Å². The summed E-state index contributed by atoms with van der Waals surface area (Å²) in [4.78, 5) is 39.4. The summed E-state index contributed by atoms with van der Waals surface area (Å²) in [6, 6.07) is 7.02. The fourth-order valence-electron chi connectivity index (χ4n) is 4.64. The molecule has 1 aliphatic carbocycles. The van der Waals surface area contributed by atoms with Crippen molar-refractivity contribution in [2.24, 2.45) is 0 Å². The molecule has 0 N–H and O–H groups in total. The van der Waals surface area contributed by atoms with E-state index in [0.717, 1.165) is 12.1 Å². The van der Waals surface area contributed by atoms with Crippen molar-refractivity contribution < 1.29 is 46.5 Å². The van der Waals surface area contributed by atoms with Crippen LogP contribution in [0.5, 0.6) is 11.5 Å². The van der Waals surface area contributed by atoms with E-state index in [0.29, 0.717) is 0 Å². The lowest BCUT2D eigenvalue weighted by Gasteiger charge is -2.37. The van der Waals surface area contributed by atoms with Crippen molar-refractivity contribution in [3.05, 3.63) is 69.8 Å². The molecule has 7 nitrogen and oxygen atoms in total. The standard InChI is InChI=1S/C24H17F3O7/c1-31-13-8-7-12-16(22(13)32-2)20(30)18-17(19(12)29)21(33-14-9-15(28)34-23(14)18)10-3-5-11(6-4-10)24(25,26)27/h3-8,14,21,23H,9H2,1-2H3/t14-,21-,23+/m0/s1. The number of ketones is 2. The Morgan fingerprint density at radius 3 is 2.24 bits per heavy atom. The van der Waals surface area contributed by atoms with Crippen LogP contribution in [0.2, 0.25) is 0 Å². The summed E-state index contributed by atoms with van der Waals surface area (Å²) in [5.41, 5.74) is -0.753. The topological polar surface area (TPSA) is 88.1 Å². The Morgan fingerprint density at radius 1 is 0.912 bits per heavy atom. The fraction of sp³-hybridized carbons (Fsp3) is 0.292. The van der Waals surface area contributed by atoms with E-state index in [1.165, 1.54) is 38.5 Å². The molecule has 2 aromatic rings. The average molecular weight is 474 g/mol. The largest absolute Gasteiger partial charge is 0.493 e. The highest BCUT2D eigenvalue weighted by atomic mass is 19.4. The van der Waals surface area contributed by atoms with Gasteiger partial charge in [-0.1, -0.05) is 12.1 Å². The van der Waals surface area contributed by atoms with E-state index in [4.69, 9.17) is 18.9 Å². The lowest BCUT2D eigenvalue weighted by Crippen LogP contribution is -2.42. The number of rotatable bonds is 3. The summed E-state index contributed by atoms with van der Waals surface area (Å²) in [6.07, 6.45) is -7.87. The maximum absolute atomic E-state index is 13.7. The molecular formula is C24H17F3O7. The number of hydrogen-bond donors (Lipinski definition) is 0. The molecule has 10 heteroatoms. The van der Waals surface area contributed by atoms with Crippen molar-refractivity contribution >= 4 is 17.5 Å². The van der Waals surface area contributed by atoms with Gasteiger partial charge in [-0.3, -0.25) is 14.4 Å². The Labute approximate surface area is 191 Å². The third kappa shape index (κ3) is 3.20. The molecule has 176 valence electrons. The highest BCUT2D eigenvalue weighted by molar-refractivity contribution is 6.29. The van der Waals surface area contributed by atoms with Gasteiger partial charge in [-0.15, -0.1) is 0 Å². The Morgan fingerprint density at radius 2 is 1.62 bits per heavy atom. The van der Waals surface area contributed by atoms with Crippen molar-refractivity contribution in [2.45, 2.75) is 30.9 Å². The van der Waals surface area contributed by atoms with Gasteiger partial charge in [0, 0.05) is 11.1 Å². The van der Waals surface area contributed by atoms with Crippen LogP contribution in [-0.4, -0.2) is 44.0 Å². The molecule has 3 atom stereocenters. The van der Waals surface area contributed by atoms with Gasteiger partial charge in [-0.05, 0) is 29.8 Å². The van der Waals surface area contributed by atoms with Crippen LogP contribution < -0.4 is 9.47 Å². The molecule has 0 radical (unpaired) electrons. The van der Waals surface area contributed by atoms with Gasteiger partial charge in [0.05, 0.1) is 37.3 Å². The summed E-state index contributed by atoms with van der Waals surface area (Å²) in [5, 5.41) is 0. The van der Waals surface area contributed by atoms with Gasteiger partial charge >= 0.3 is 12.1 Å². The lowest BCUT2D eigenvalue weighted by atomic mass is 9.75. The molecule has 2 aliphatic heterocycles. The third-order valence-corrected chi connectivity index (χ3v) is 6.16. The normalized spacial score (nSPS) is 23.8. The molecule has 1 saturated heterocycles. The van der Waals surface area contributed by atoms with Crippen LogP contribution in [0.4, 0.5) is 13.2 Å². The molecule has 2 heterocycles. The molecule has 0 unspecified atom stereocenters. The van der Waals surface area contributed by atoms with Crippen molar-refractivity contribution in [3.8, 4) is 11.5 Å². The molecular weight excluding hydrogens is 457 g/mol. The highest BCUT2D eigenvalue weighted by Gasteiger charge is 2.53. The quantitative estimate of drug-likeness (QED) is 0.625. The highest BCUT2D eigenvalue weighted by Crippen LogP contribution is 2.49. The first-order valence-electron chi connectivity index (χ1n) is 10.3. The monoisotopic (exact) mass is 474 g/mol. The van der Waals surface area contributed by atoms with Crippen LogP contribution in [0.15, 0.2) is 47.5 Å². The Bertz CT molecular complexity index is 1260. The lowest BCUT2D eigenvalue weighted by molar-refractivity contribution is -0.141. The van der Waals surface area contributed by atoms with Crippen LogP contribution in [0.1, 0.15) is 44.4 Å². The molecule has 1 fully saturated rings. The van der Waals surface area contributed by atoms with E-state index >= 15 is 0 Å². The number of Topliss-reactive ketones (excluding diaryl/α,β-unsaturated/α-hetero) is 2. The number of benzene rings is 2. The van der Waals surface area contributed by atoms with Crippen LogP contribution in [-0.2, 0) is 20.4 Å². The van der Waals surface area contributed by atoms with Crippen molar-refractivity contribution in [3.63, 3.8) is 0 Å². The summed E-state index contributed by atoms with van der Waals surface area (Å²) in [5.74, 6) is -1.48. The first-order valence-corrected chi connectivity index (χ1v) is 10.3. The second kappa shape index (κ2) is 7.69. The number of halogens is 3. The zero-order valence-corrected chi connectivity index (χ0v) is 17.9. The predicted molar refractivity (Wildman–Crippen MR) is 109 cm³/mol. The van der Waals surface area contributed by atoms with Crippen LogP contribution in [0.3, 0.4) is 0 Å². The van der Waals surface area contributed by atoms with Crippen molar-refractivity contribution in [1.82, 2.24) is 0 Å². The van der Waals surface area contributed by atoms with Crippen LogP contribution in [0, 0.1) is 0 Å². The first kappa shape index (κ1) is 22.1. The molecule has 0 saturated carbocycles. The second-order valence-corrected chi connectivity index (χ2v) is 8.00. The van der Waals surface area contributed by atoms with Crippen LogP contribution >= 0.6 is 0 Å². The van der Waals surface area contributed by atoms with E-state index in [9.17, 15) is 27.6 Å². The number of hydrogen-bond acceptors (Lipinski definition) is 7. The van der Waals surface area contributed by atoms with E-state index in [1.54, 1.807) is 0 Å². The maximum Gasteiger partial charge on any atom is 0.416 e. The fourth-order valence-corrected chi connectivity index (χ4v) is 4.64. The molecule has 0 bridgehead atoms. The molecule has 0 aromatic heterocycles. The molecule has 3 aliphatic rings. The summed E-state index contributed by atoms with van der Waals surface area (Å²) in [6.45, 7) is 0. The molecule has 5 rings (SSSR count). The van der Waals surface area contributed by atoms with Gasteiger partial charge < -0.3 is 18.9 Å². The van der Waals surface area contributed by atoms with Gasteiger partial charge in [0.15, 0.2) is 29.2 Å². The third-order valence-electron chi connectivity index (χ3n) is 6.16. The number of fused-ring (bicyclic) bond motifs is 3. The number of esters is 1. The Balaban J connectivity index is 1.69. The van der Waals surface area contributed by atoms with E-state index in [1.807, 2.05) is 0 Å². The average Bonchev–Trinajstić information content (AvgIpc) is 3.19. The molecule has 0 amide bonds. The van der Waals surface area contributed by atoms with E-state index < -0.39 is 47.6 Å². The minimum absolute atomic E-state index is 0.0274. The zero-order valence-electron chi connectivity index (χ0n) is 17.9. The van der Waals surface area contributed by atoms with Gasteiger partial charge in [0.2, 0.25) is 0 Å². The Kier molecular flexibility index (Phi) is 5.01. The van der Waals surface area contributed by atoms with Gasteiger partial charge in [-0.2, -0.15) is 13.2 Å². The van der Waals surface area contributed by atoms with Gasteiger partial charge in [-0.25, -0.2) is 0 Å². The second-order valence-electron chi connectivity index (χ2n) is 8.00. The SMILES string of the molecule is COc1ccc2c(c1OC)C(=O)C1=C(C2=O)[C@H](c2ccc(C(F)(F)F)cc2)O[C@H]2CC(=O)O[C@@H]12. The Hall–Kier alpha value is -3.66. The number of carbonyl (C=O) groups is 3. The van der Waals surface area contributed by atoms with E-state index in [2.05, 4.69) is 0 Å². The number of carbonyl (C=O) groups excluding carboxylic acids is 3. The smallest absolute Gasteiger partial charge is 0.416 e. The molecule has 2 aromatic carbocycles. The summed E-state index contributed by atoms with van der Waals surface area (Å²) in [7, 11) is 2.71. The maximum atomic E-state index is 13.7. The summed E-state index contributed by atoms with van der Waals surface area (Å²) >= 11 is 0. The molecule has 34 heavy (non-hydrogen) atoms. The zero-order chi connectivity index (χ0) is 24.4. The first-order chi connectivity index (χ1) is 16.2.